The summed E-state index contributed by atoms with van der Waals surface area (Å²) in [4.78, 5) is 0. The average Bonchev–Trinajstić information content (AvgIpc) is 2.67. The van der Waals surface area contributed by atoms with Gasteiger partial charge in [-0.05, 0) is 82.9 Å². The largest absolute Gasteiger partial charge is 0.490 e. The lowest BCUT2D eigenvalue weighted by Crippen LogP contribution is -2.04. The highest BCUT2D eigenvalue weighted by Crippen LogP contribution is 2.37. The van der Waals surface area contributed by atoms with Crippen LogP contribution in [0.2, 0.25) is 0 Å². The maximum absolute atomic E-state index is 6.07. The highest BCUT2D eigenvalue weighted by molar-refractivity contribution is 9.10. The molecule has 3 aromatic carbocycles. The minimum Gasteiger partial charge on any atom is -0.490 e. The van der Waals surface area contributed by atoms with Crippen LogP contribution >= 0.6 is 31.9 Å². The highest BCUT2D eigenvalue weighted by atomic mass is 79.9. The summed E-state index contributed by atoms with van der Waals surface area (Å²) in [6.45, 7) is 5.83. The molecule has 0 aliphatic heterocycles. The van der Waals surface area contributed by atoms with Crippen molar-refractivity contribution in [3.05, 3.63) is 86.3 Å². The first-order valence-electron chi connectivity index (χ1n) is 9.18. The van der Waals surface area contributed by atoms with Crippen LogP contribution in [0.25, 0.3) is 0 Å². The number of halogens is 2. The molecule has 0 unspecified atom stereocenters. The Bertz CT molecular complexity index is 926. The first-order chi connectivity index (χ1) is 13.5. The maximum Gasteiger partial charge on any atom is 0.175 e. The van der Waals surface area contributed by atoms with E-state index in [0.717, 1.165) is 37.3 Å². The first kappa shape index (κ1) is 20.7. The number of nitrogens with one attached hydrogen (secondary N) is 1. The molecule has 3 rings (SSSR count). The van der Waals surface area contributed by atoms with E-state index in [9.17, 15) is 0 Å². The van der Waals surface area contributed by atoms with Gasteiger partial charge < -0.3 is 14.8 Å². The minimum absolute atomic E-state index is 0.479. The van der Waals surface area contributed by atoms with Gasteiger partial charge in [0.1, 0.15) is 6.61 Å². The van der Waals surface area contributed by atoms with Gasteiger partial charge in [-0.3, -0.25) is 0 Å². The number of ether oxygens (including phenoxy) is 2. The monoisotopic (exact) mass is 503 g/mol. The fourth-order valence-corrected chi connectivity index (χ4v) is 3.69. The molecule has 0 saturated carbocycles. The van der Waals surface area contributed by atoms with Gasteiger partial charge in [-0.25, -0.2) is 0 Å². The third-order valence-corrected chi connectivity index (χ3v) is 5.30. The van der Waals surface area contributed by atoms with Gasteiger partial charge >= 0.3 is 0 Å². The van der Waals surface area contributed by atoms with Crippen molar-refractivity contribution in [3.63, 3.8) is 0 Å². The third kappa shape index (κ3) is 5.76. The number of anilines is 1. The number of hydrogen-bond donors (Lipinski definition) is 1. The van der Waals surface area contributed by atoms with Crippen molar-refractivity contribution < 1.29 is 9.47 Å². The molecule has 0 atom stereocenters. The van der Waals surface area contributed by atoms with Crippen LogP contribution in [0.1, 0.15) is 23.6 Å². The molecule has 0 saturated heterocycles. The molecular weight excluding hydrogens is 482 g/mol. The van der Waals surface area contributed by atoms with Crippen LogP contribution in [0.4, 0.5) is 5.69 Å². The van der Waals surface area contributed by atoms with Crippen molar-refractivity contribution in [2.24, 2.45) is 0 Å². The van der Waals surface area contributed by atoms with Crippen LogP contribution in [0, 0.1) is 6.92 Å². The van der Waals surface area contributed by atoms with Crippen LogP contribution in [-0.2, 0) is 13.2 Å². The molecule has 0 aliphatic rings. The van der Waals surface area contributed by atoms with E-state index >= 15 is 0 Å². The van der Waals surface area contributed by atoms with Gasteiger partial charge in [0.25, 0.3) is 0 Å². The molecule has 0 aromatic heterocycles. The quantitative estimate of drug-likeness (QED) is 0.354. The maximum atomic E-state index is 6.07. The molecule has 1 N–H and O–H groups in total. The molecule has 0 amide bonds. The standard InChI is InChI=1S/C23H23Br2NO2/c1-3-27-22-13-18(14-26-20-6-4-5-16(2)11-20)12-21(25)23(22)28-15-17-7-9-19(24)10-8-17/h4-13,26H,3,14-15H2,1-2H3. The van der Waals surface area contributed by atoms with E-state index in [2.05, 4.69) is 74.4 Å². The second kappa shape index (κ2) is 9.99. The zero-order valence-corrected chi connectivity index (χ0v) is 19.1. The van der Waals surface area contributed by atoms with Crippen molar-refractivity contribution in [1.82, 2.24) is 0 Å². The van der Waals surface area contributed by atoms with Gasteiger partial charge in [0.2, 0.25) is 0 Å². The SMILES string of the molecule is CCOc1cc(CNc2cccc(C)c2)cc(Br)c1OCc1ccc(Br)cc1. The Kier molecular flexibility index (Phi) is 7.40. The zero-order chi connectivity index (χ0) is 19.9. The van der Waals surface area contributed by atoms with Gasteiger partial charge in [-0.2, -0.15) is 0 Å². The van der Waals surface area contributed by atoms with E-state index in [1.807, 2.05) is 37.3 Å². The summed E-state index contributed by atoms with van der Waals surface area (Å²) in [7, 11) is 0. The van der Waals surface area contributed by atoms with Crippen molar-refractivity contribution in [1.29, 1.82) is 0 Å². The van der Waals surface area contributed by atoms with Gasteiger partial charge in [0.05, 0.1) is 11.1 Å². The average molecular weight is 505 g/mol. The first-order valence-corrected chi connectivity index (χ1v) is 10.8. The molecular formula is C23H23Br2NO2. The Morgan fingerprint density at radius 3 is 2.39 bits per heavy atom. The molecule has 0 radical (unpaired) electrons. The molecule has 5 heteroatoms. The predicted octanol–water partition coefficient (Wildman–Crippen LogP) is 7.11. The van der Waals surface area contributed by atoms with Gasteiger partial charge in [0.15, 0.2) is 11.5 Å². The van der Waals surface area contributed by atoms with Gasteiger partial charge in [-0.15, -0.1) is 0 Å². The van der Waals surface area contributed by atoms with Crippen LogP contribution in [0.3, 0.4) is 0 Å². The minimum atomic E-state index is 0.479. The van der Waals surface area contributed by atoms with Crippen LogP contribution in [-0.4, -0.2) is 6.61 Å². The van der Waals surface area contributed by atoms with Gasteiger partial charge in [0, 0.05) is 16.7 Å². The van der Waals surface area contributed by atoms with E-state index in [-0.39, 0.29) is 0 Å². The van der Waals surface area contributed by atoms with Crippen molar-refractivity contribution in [3.8, 4) is 11.5 Å². The van der Waals surface area contributed by atoms with Crippen molar-refractivity contribution in [2.75, 3.05) is 11.9 Å². The lowest BCUT2D eigenvalue weighted by molar-refractivity contribution is 0.267. The van der Waals surface area contributed by atoms with E-state index in [0.29, 0.717) is 19.8 Å². The molecule has 0 bridgehead atoms. The lowest BCUT2D eigenvalue weighted by atomic mass is 10.1. The summed E-state index contributed by atoms with van der Waals surface area (Å²) in [5.74, 6) is 1.47. The fourth-order valence-electron chi connectivity index (χ4n) is 2.82. The molecule has 0 fully saturated rings. The summed E-state index contributed by atoms with van der Waals surface area (Å²) in [5.41, 5.74) is 4.55. The normalized spacial score (nSPS) is 10.6. The van der Waals surface area contributed by atoms with E-state index in [1.54, 1.807) is 0 Å². The van der Waals surface area contributed by atoms with Crippen molar-refractivity contribution in [2.45, 2.75) is 27.0 Å². The summed E-state index contributed by atoms with van der Waals surface area (Å²) in [6.07, 6.45) is 0. The Hall–Kier alpha value is -1.98. The molecule has 0 spiro atoms. The molecule has 3 nitrogen and oxygen atoms in total. The Balaban J connectivity index is 1.74. The topological polar surface area (TPSA) is 30.5 Å². The summed E-state index contributed by atoms with van der Waals surface area (Å²) in [5, 5.41) is 3.46. The Morgan fingerprint density at radius 2 is 1.68 bits per heavy atom. The van der Waals surface area contributed by atoms with E-state index in [1.165, 1.54) is 5.56 Å². The molecule has 0 aliphatic carbocycles. The summed E-state index contributed by atoms with van der Waals surface area (Å²) in [6, 6.07) is 20.6. The number of benzene rings is 3. The zero-order valence-electron chi connectivity index (χ0n) is 16.0. The van der Waals surface area contributed by atoms with E-state index < -0.39 is 0 Å². The highest BCUT2D eigenvalue weighted by Gasteiger charge is 2.13. The van der Waals surface area contributed by atoms with Gasteiger partial charge in [-0.1, -0.05) is 40.2 Å². The van der Waals surface area contributed by atoms with E-state index in [4.69, 9.17) is 9.47 Å². The second-order valence-corrected chi connectivity index (χ2v) is 8.25. The molecule has 28 heavy (non-hydrogen) atoms. The van der Waals surface area contributed by atoms with Crippen LogP contribution in [0.15, 0.2) is 69.6 Å². The summed E-state index contributed by atoms with van der Waals surface area (Å²) >= 11 is 7.11. The number of rotatable bonds is 8. The Morgan fingerprint density at radius 1 is 0.893 bits per heavy atom. The second-order valence-electron chi connectivity index (χ2n) is 6.48. The van der Waals surface area contributed by atoms with Crippen molar-refractivity contribution >= 4 is 37.5 Å². The lowest BCUT2D eigenvalue weighted by Gasteiger charge is -2.16. The number of aryl methyl sites for hydroxylation is 1. The Labute approximate surface area is 183 Å². The fraction of sp³-hybridized carbons (Fsp3) is 0.217. The molecule has 146 valence electrons. The van der Waals surface area contributed by atoms with Crippen LogP contribution in [0.5, 0.6) is 11.5 Å². The summed E-state index contributed by atoms with van der Waals surface area (Å²) < 4.78 is 13.9. The molecule has 3 aromatic rings. The number of hydrogen-bond acceptors (Lipinski definition) is 3. The van der Waals surface area contributed by atoms with Crippen LogP contribution < -0.4 is 14.8 Å². The third-order valence-electron chi connectivity index (χ3n) is 4.18. The molecule has 0 heterocycles. The smallest absolute Gasteiger partial charge is 0.175 e. The predicted molar refractivity (Wildman–Crippen MR) is 122 cm³/mol.